The Balaban J connectivity index is 2.48. The number of ether oxygens (including phenoxy) is 1. The molecule has 0 fully saturated rings. The van der Waals surface area contributed by atoms with Crippen molar-refractivity contribution in [2.45, 2.75) is 32.9 Å². The van der Waals surface area contributed by atoms with Gasteiger partial charge in [-0.25, -0.2) is 0 Å². The van der Waals surface area contributed by atoms with Crippen molar-refractivity contribution in [1.82, 2.24) is 10.3 Å². The Morgan fingerprint density at radius 1 is 1.25 bits per heavy atom. The monoisotopic (exact) mass is 272 g/mol. The van der Waals surface area contributed by atoms with Crippen molar-refractivity contribution in [3.05, 3.63) is 42.2 Å². The molecular weight excluding hydrogens is 248 g/mol. The number of pyridine rings is 1. The molecule has 108 valence electrons. The Hall–Kier alpha value is -1.45. The summed E-state index contributed by atoms with van der Waals surface area (Å²) in [7, 11) is 1.99. The molecule has 2 unspecified atom stereocenters. The molecule has 0 saturated heterocycles. The van der Waals surface area contributed by atoms with Crippen LogP contribution in [0.5, 0.6) is 0 Å². The van der Waals surface area contributed by atoms with E-state index in [9.17, 15) is 0 Å². The minimum Gasteiger partial charge on any atom is -0.376 e. The Kier molecular flexibility index (Phi) is 5.10. The van der Waals surface area contributed by atoms with E-state index in [2.05, 4.69) is 48.4 Å². The highest BCUT2D eigenvalue weighted by Crippen LogP contribution is 2.29. The molecule has 1 N–H and O–H groups in total. The van der Waals surface area contributed by atoms with Crippen LogP contribution in [0, 0.1) is 5.92 Å². The molecule has 20 heavy (non-hydrogen) atoms. The van der Waals surface area contributed by atoms with Crippen LogP contribution < -0.4 is 5.32 Å². The molecule has 2 aromatic rings. The number of benzene rings is 1. The normalized spacial score (nSPS) is 14.7. The van der Waals surface area contributed by atoms with Crippen molar-refractivity contribution < 1.29 is 4.74 Å². The lowest BCUT2D eigenvalue weighted by Gasteiger charge is -2.30. The van der Waals surface area contributed by atoms with E-state index in [1.165, 1.54) is 16.3 Å². The fourth-order valence-electron chi connectivity index (χ4n) is 2.77. The molecular formula is C17H24N2O. The third kappa shape index (κ3) is 3.00. The number of hydrogen-bond donors (Lipinski definition) is 1. The maximum absolute atomic E-state index is 5.98. The van der Waals surface area contributed by atoms with E-state index in [1.54, 1.807) is 0 Å². The minimum absolute atomic E-state index is 0.149. The topological polar surface area (TPSA) is 34.1 Å². The smallest absolute Gasteiger partial charge is 0.0792 e. The molecule has 2 rings (SSSR count). The highest BCUT2D eigenvalue weighted by Gasteiger charge is 2.26. The van der Waals surface area contributed by atoms with Crippen LogP contribution in [0.2, 0.25) is 0 Å². The zero-order valence-corrected chi connectivity index (χ0v) is 12.8. The lowest BCUT2D eigenvalue weighted by atomic mass is 9.91. The van der Waals surface area contributed by atoms with E-state index >= 15 is 0 Å². The molecule has 0 aliphatic carbocycles. The van der Waals surface area contributed by atoms with E-state index in [-0.39, 0.29) is 12.1 Å². The van der Waals surface area contributed by atoms with Crippen molar-refractivity contribution in [2.24, 2.45) is 5.92 Å². The molecule has 1 aromatic carbocycles. The lowest BCUT2D eigenvalue weighted by molar-refractivity contribution is 0.00493. The Morgan fingerprint density at radius 3 is 2.70 bits per heavy atom. The SMILES string of the molecule is CCOC(C(C)C)C(NC)c1cccc2ccncc12. The van der Waals surface area contributed by atoms with E-state index in [0.29, 0.717) is 5.92 Å². The van der Waals surface area contributed by atoms with Gasteiger partial charge in [-0.15, -0.1) is 0 Å². The summed E-state index contributed by atoms with van der Waals surface area (Å²) >= 11 is 0. The molecule has 1 heterocycles. The minimum atomic E-state index is 0.149. The van der Waals surface area contributed by atoms with Crippen LogP contribution >= 0.6 is 0 Å². The third-order valence-corrected chi connectivity index (χ3v) is 3.71. The predicted octanol–water partition coefficient (Wildman–Crippen LogP) is 3.56. The maximum atomic E-state index is 5.98. The molecule has 2 atom stereocenters. The molecule has 3 heteroatoms. The van der Waals surface area contributed by atoms with Crippen LogP contribution in [0.25, 0.3) is 10.8 Å². The van der Waals surface area contributed by atoms with Gasteiger partial charge in [0.15, 0.2) is 0 Å². The van der Waals surface area contributed by atoms with Crippen molar-refractivity contribution in [2.75, 3.05) is 13.7 Å². The first-order valence-electron chi connectivity index (χ1n) is 7.30. The van der Waals surface area contributed by atoms with Crippen molar-refractivity contribution >= 4 is 10.8 Å². The zero-order valence-electron chi connectivity index (χ0n) is 12.8. The molecule has 0 aliphatic heterocycles. The summed E-state index contributed by atoms with van der Waals surface area (Å²) in [5, 5.41) is 5.84. The molecule has 0 spiro atoms. The van der Waals surface area contributed by atoms with Gasteiger partial charge in [0, 0.05) is 24.4 Å². The molecule has 0 amide bonds. The second kappa shape index (κ2) is 6.82. The number of likely N-dealkylation sites (N-methyl/N-ethyl adjacent to an activating group) is 1. The fourth-order valence-corrected chi connectivity index (χ4v) is 2.77. The second-order valence-corrected chi connectivity index (χ2v) is 5.37. The van der Waals surface area contributed by atoms with Crippen molar-refractivity contribution in [3.8, 4) is 0 Å². The van der Waals surface area contributed by atoms with Crippen LogP contribution in [0.3, 0.4) is 0 Å². The van der Waals surface area contributed by atoms with E-state index in [4.69, 9.17) is 4.74 Å². The van der Waals surface area contributed by atoms with Crippen LogP contribution in [-0.4, -0.2) is 24.7 Å². The van der Waals surface area contributed by atoms with E-state index in [1.807, 2.05) is 26.4 Å². The van der Waals surface area contributed by atoms with Crippen LogP contribution in [0.1, 0.15) is 32.4 Å². The highest BCUT2D eigenvalue weighted by molar-refractivity contribution is 5.85. The van der Waals surface area contributed by atoms with Gasteiger partial charge in [-0.05, 0) is 36.9 Å². The van der Waals surface area contributed by atoms with E-state index in [0.717, 1.165) is 6.61 Å². The fraction of sp³-hybridized carbons (Fsp3) is 0.471. The Morgan fingerprint density at radius 2 is 2.05 bits per heavy atom. The van der Waals surface area contributed by atoms with Gasteiger partial charge in [-0.3, -0.25) is 4.98 Å². The highest BCUT2D eigenvalue weighted by atomic mass is 16.5. The average molecular weight is 272 g/mol. The second-order valence-electron chi connectivity index (χ2n) is 5.37. The third-order valence-electron chi connectivity index (χ3n) is 3.71. The van der Waals surface area contributed by atoms with E-state index < -0.39 is 0 Å². The van der Waals surface area contributed by atoms with Crippen LogP contribution in [0.4, 0.5) is 0 Å². The summed E-state index contributed by atoms with van der Waals surface area (Å²) < 4.78 is 5.98. The molecule has 0 aliphatic rings. The Bertz CT molecular complexity index is 548. The maximum Gasteiger partial charge on any atom is 0.0792 e. The van der Waals surface area contributed by atoms with Crippen LogP contribution in [-0.2, 0) is 4.74 Å². The number of rotatable bonds is 6. The summed E-state index contributed by atoms with van der Waals surface area (Å²) in [4.78, 5) is 4.27. The summed E-state index contributed by atoms with van der Waals surface area (Å²) in [6.07, 6.45) is 3.93. The molecule has 0 saturated carbocycles. The van der Waals surface area contributed by atoms with Gasteiger partial charge in [0.25, 0.3) is 0 Å². The quantitative estimate of drug-likeness (QED) is 0.873. The first kappa shape index (κ1) is 14.9. The number of fused-ring (bicyclic) bond motifs is 1. The predicted molar refractivity (Wildman–Crippen MR) is 83.8 cm³/mol. The van der Waals surface area contributed by atoms with Crippen LogP contribution in [0.15, 0.2) is 36.7 Å². The first-order chi connectivity index (χ1) is 9.69. The average Bonchev–Trinajstić information content (AvgIpc) is 2.47. The number of hydrogen-bond acceptors (Lipinski definition) is 3. The van der Waals surface area contributed by atoms with Crippen molar-refractivity contribution in [1.29, 1.82) is 0 Å². The van der Waals surface area contributed by atoms with Gasteiger partial charge in [-0.2, -0.15) is 0 Å². The standard InChI is InChI=1S/C17H24N2O/c1-5-20-17(12(2)3)16(18-4)14-8-6-7-13-9-10-19-11-15(13)14/h6-12,16-18H,5H2,1-4H3. The number of nitrogens with one attached hydrogen (secondary N) is 1. The molecule has 0 radical (unpaired) electrons. The summed E-state index contributed by atoms with van der Waals surface area (Å²) in [5.74, 6) is 0.444. The summed E-state index contributed by atoms with van der Waals surface area (Å²) in [6.45, 7) is 7.18. The molecule has 1 aromatic heterocycles. The lowest BCUT2D eigenvalue weighted by Crippen LogP contribution is -2.35. The largest absolute Gasteiger partial charge is 0.376 e. The van der Waals surface area contributed by atoms with Crippen molar-refractivity contribution in [3.63, 3.8) is 0 Å². The van der Waals surface area contributed by atoms with Gasteiger partial charge >= 0.3 is 0 Å². The van der Waals surface area contributed by atoms with Gasteiger partial charge < -0.3 is 10.1 Å². The van der Waals surface area contributed by atoms with Gasteiger partial charge in [0.1, 0.15) is 0 Å². The number of nitrogens with zero attached hydrogens (tertiary/aromatic N) is 1. The summed E-state index contributed by atoms with van der Waals surface area (Å²) in [5.41, 5.74) is 1.25. The van der Waals surface area contributed by atoms with Gasteiger partial charge in [0.05, 0.1) is 12.1 Å². The zero-order chi connectivity index (χ0) is 14.5. The summed E-state index contributed by atoms with van der Waals surface area (Å²) in [6, 6.07) is 8.61. The van der Waals surface area contributed by atoms with Gasteiger partial charge in [0.2, 0.25) is 0 Å². The number of aromatic nitrogens is 1. The Labute approximate surface area is 121 Å². The van der Waals surface area contributed by atoms with Gasteiger partial charge in [-0.1, -0.05) is 32.0 Å². The molecule has 0 bridgehead atoms. The molecule has 3 nitrogen and oxygen atoms in total. The first-order valence-corrected chi connectivity index (χ1v) is 7.30.